The Labute approximate surface area is 152 Å². The van der Waals surface area contributed by atoms with E-state index in [9.17, 15) is 12.8 Å². The van der Waals surface area contributed by atoms with Gasteiger partial charge in [0.2, 0.25) is 10.0 Å². The molecule has 1 N–H and O–H groups in total. The average molecular weight is 380 g/mol. The van der Waals surface area contributed by atoms with Crippen LogP contribution in [0.25, 0.3) is 0 Å². The number of piperazine rings is 1. The number of benzene rings is 2. The van der Waals surface area contributed by atoms with Gasteiger partial charge in [-0.3, -0.25) is 0 Å². The molecule has 0 saturated carbocycles. The Bertz CT molecular complexity index is 889. The fourth-order valence-electron chi connectivity index (χ4n) is 3.08. The maximum Gasteiger partial charge on any atom is 0.247 e. The molecule has 3 rings (SSSR count). The smallest absolute Gasteiger partial charge is 0.247 e. The molecule has 26 heavy (non-hydrogen) atoms. The summed E-state index contributed by atoms with van der Waals surface area (Å²) in [5.74, 6) is 0.258. The zero-order valence-corrected chi connectivity index (χ0v) is 15.4. The molecule has 0 aromatic heterocycles. The van der Waals surface area contributed by atoms with E-state index in [2.05, 4.69) is 5.32 Å². The summed E-state index contributed by atoms with van der Waals surface area (Å²) in [6, 6.07) is 10.1. The number of halogens is 1. The van der Waals surface area contributed by atoms with Crippen LogP contribution in [0.5, 0.6) is 11.5 Å². The van der Waals surface area contributed by atoms with Crippen LogP contribution >= 0.6 is 0 Å². The second-order valence-electron chi connectivity index (χ2n) is 5.91. The lowest BCUT2D eigenvalue weighted by Gasteiger charge is -2.35. The van der Waals surface area contributed by atoms with Crippen molar-refractivity contribution in [2.45, 2.75) is 10.9 Å². The van der Waals surface area contributed by atoms with Gasteiger partial charge >= 0.3 is 0 Å². The van der Waals surface area contributed by atoms with Crippen LogP contribution in [0.3, 0.4) is 0 Å². The molecule has 8 heteroatoms. The van der Waals surface area contributed by atoms with Crippen molar-refractivity contribution in [1.82, 2.24) is 9.62 Å². The first kappa shape index (κ1) is 18.6. The minimum Gasteiger partial charge on any atom is -0.497 e. The van der Waals surface area contributed by atoms with Crippen LogP contribution in [-0.4, -0.2) is 46.6 Å². The molecule has 6 nitrogen and oxygen atoms in total. The molecule has 0 radical (unpaired) electrons. The van der Waals surface area contributed by atoms with Crippen molar-refractivity contribution >= 4 is 10.0 Å². The zero-order valence-electron chi connectivity index (χ0n) is 14.6. The second kappa shape index (κ2) is 7.61. The largest absolute Gasteiger partial charge is 0.497 e. The fraction of sp³-hybridized carbons (Fsp3) is 0.333. The van der Waals surface area contributed by atoms with E-state index in [0.29, 0.717) is 24.4 Å². The van der Waals surface area contributed by atoms with Gasteiger partial charge in [-0.15, -0.1) is 0 Å². The lowest BCUT2D eigenvalue weighted by molar-refractivity contribution is 0.269. The Morgan fingerprint density at radius 2 is 1.96 bits per heavy atom. The molecular formula is C18H21FN2O4S. The van der Waals surface area contributed by atoms with Gasteiger partial charge in [0.15, 0.2) is 0 Å². The highest BCUT2D eigenvalue weighted by atomic mass is 32.2. The first-order valence-corrected chi connectivity index (χ1v) is 9.61. The third kappa shape index (κ3) is 3.53. The molecule has 1 aliphatic heterocycles. The van der Waals surface area contributed by atoms with Gasteiger partial charge in [-0.05, 0) is 29.8 Å². The van der Waals surface area contributed by atoms with Gasteiger partial charge in [0.05, 0.1) is 20.3 Å². The molecule has 1 unspecified atom stereocenters. The molecule has 1 atom stereocenters. The molecule has 0 spiro atoms. The monoisotopic (exact) mass is 380 g/mol. The van der Waals surface area contributed by atoms with Crippen LogP contribution in [0.15, 0.2) is 47.4 Å². The Morgan fingerprint density at radius 3 is 2.65 bits per heavy atom. The lowest BCUT2D eigenvalue weighted by atomic mass is 10.1. The molecule has 1 heterocycles. The van der Waals surface area contributed by atoms with Crippen LogP contribution < -0.4 is 14.8 Å². The summed E-state index contributed by atoms with van der Waals surface area (Å²) >= 11 is 0. The van der Waals surface area contributed by atoms with Crippen molar-refractivity contribution < 1.29 is 22.3 Å². The number of sulfonamides is 1. The molecular weight excluding hydrogens is 359 g/mol. The molecule has 2 aromatic rings. The number of nitrogens with one attached hydrogen (secondary N) is 1. The van der Waals surface area contributed by atoms with Gasteiger partial charge < -0.3 is 14.8 Å². The third-order valence-corrected chi connectivity index (χ3v) is 6.31. The third-order valence-electron chi connectivity index (χ3n) is 4.39. The van der Waals surface area contributed by atoms with E-state index in [1.54, 1.807) is 24.3 Å². The van der Waals surface area contributed by atoms with E-state index in [1.807, 2.05) is 0 Å². The van der Waals surface area contributed by atoms with Crippen LogP contribution in [0.1, 0.15) is 11.6 Å². The number of nitrogens with zero attached hydrogens (tertiary/aromatic N) is 1. The topological polar surface area (TPSA) is 67.9 Å². The maximum absolute atomic E-state index is 13.7. The Kier molecular flexibility index (Phi) is 5.45. The van der Waals surface area contributed by atoms with Gasteiger partial charge in [-0.1, -0.05) is 12.1 Å². The average Bonchev–Trinajstić information content (AvgIpc) is 2.67. The number of methoxy groups -OCH3 is 2. The van der Waals surface area contributed by atoms with E-state index in [1.165, 1.54) is 36.7 Å². The normalized spacial score (nSPS) is 18.5. The van der Waals surface area contributed by atoms with E-state index in [4.69, 9.17) is 9.47 Å². The molecule has 140 valence electrons. The maximum atomic E-state index is 13.7. The number of ether oxygens (including phenoxy) is 2. The molecule has 2 aromatic carbocycles. The summed E-state index contributed by atoms with van der Waals surface area (Å²) in [6.45, 7) is 1.18. The Morgan fingerprint density at radius 1 is 1.15 bits per heavy atom. The standard InChI is InChI=1S/C18H21FN2O4S/c1-24-15-6-7-17(25-2)18(11-15)26(22,23)21-9-8-20-12-16(21)13-4-3-5-14(19)10-13/h3-7,10-11,16,20H,8-9,12H2,1-2H3. The van der Waals surface area contributed by atoms with Gasteiger partial charge in [-0.2, -0.15) is 4.31 Å². The van der Waals surface area contributed by atoms with Crippen LogP contribution in [0.2, 0.25) is 0 Å². The van der Waals surface area contributed by atoms with Gasteiger partial charge in [0.25, 0.3) is 0 Å². The Balaban J connectivity index is 2.07. The summed E-state index contributed by atoms with van der Waals surface area (Å²) in [7, 11) is -0.992. The molecule has 0 bridgehead atoms. The van der Waals surface area contributed by atoms with Crippen molar-refractivity contribution in [2.24, 2.45) is 0 Å². The van der Waals surface area contributed by atoms with E-state index in [0.717, 1.165) is 0 Å². The molecule has 1 saturated heterocycles. The van der Waals surface area contributed by atoms with E-state index in [-0.39, 0.29) is 17.2 Å². The molecule has 0 amide bonds. The van der Waals surface area contributed by atoms with Gasteiger partial charge in [0, 0.05) is 25.7 Å². The predicted molar refractivity (Wildman–Crippen MR) is 95.4 cm³/mol. The zero-order chi connectivity index (χ0) is 18.7. The molecule has 0 aliphatic carbocycles. The summed E-state index contributed by atoms with van der Waals surface area (Å²) in [5.41, 5.74) is 0.600. The van der Waals surface area contributed by atoms with Crippen LogP contribution in [-0.2, 0) is 10.0 Å². The van der Waals surface area contributed by atoms with Crippen molar-refractivity contribution in [3.63, 3.8) is 0 Å². The first-order chi connectivity index (χ1) is 12.5. The fourth-order valence-corrected chi connectivity index (χ4v) is 4.87. The highest BCUT2D eigenvalue weighted by Crippen LogP contribution is 2.35. The van der Waals surface area contributed by atoms with Crippen molar-refractivity contribution in [2.75, 3.05) is 33.9 Å². The number of hydrogen-bond acceptors (Lipinski definition) is 5. The van der Waals surface area contributed by atoms with Gasteiger partial charge in [0.1, 0.15) is 22.2 Å². The molecule has 1 aliphatic rings. The van der Waals surface area contributed by atoms with Crippen molar-refractivity contribution in [3.05, 3.63) is 53.8 Å². The summed E-state index contributed by atoms with van der Waals surface area (Å²) in [6.07, 6.45) is 0. The van der Waals surface area contributed by atoms with Gasteiger partial charge in [-0.25, -0.2) is 12.8 Å². The lowest BCUT2D eigenvalue weighted by Crippen LogP contribution is -2.48. The first-order valence-electron chi connectivity index (χ1n) is 8.17. The SMILES string of the molecule is COc1ccc(OC)c(S(=O)(=O)N2CCNCC2c2cccc(F)c2)c1. The van der Waals surface area contributed by atoms with Crippen molar-refractivity contribution in [3.8, 4) is 11.5 Å². The van der Waals surface area contributed by atoms with Crippen LogP contribution in [0, 0.1) is 5.82 Å². The highest BCUT2D eigenvalue weighted by molar-refractivity contribution is 7.89. The minimum atomic E-state index is -3.88. The van der Waals surface area contributed by atoms with Crippen molar-refractivity contribution in [1.29, 1.82) is 0 Å². The quantitative estimate of drug-likeness (QED) is 0.861. The minimum absolute atomic E-state index is 0.0302. The predicted octanol–water partition coefficient (Wildman–Crippen LogP) is 2.18. The summed E-state index contributed by atoms with van der Waals surface area (Å²) in [5, 5.41) is 3.17. The molecule has 1 fully saturated rings. The summed E-state index contributed by atoms with van der Waals surface area (Å²) < 4.78 is 52.2. The van der Waals surface area contributed by atoms with Crippen LogP contribution in [0.4, 0.5) is 4.39 Å². The number of hydrogen-bond donors (Lipinski definition) is 1. The second-order valence-corrected chi connectivity index (χ2v) is 7.77. The van der Waals surface area contributed by atoms with E-state index >= 15 is 0 Å². The van der Waals surface area contributed by atoms with E-state index < -0.39 is 21.9 Å². The number of rotatable bonds is 5. The summed E-state index contributed by atoms with van der Waals surface area (Å²) in [4.78, 5) is 0.0302. The Hall–Kier alpha value is -2.16. The highest BCUT2D eigenvalue weighted by Gasteiger charge is 2.36.